The van der Waals surface area contributed by atoms with Crippen LogP contribution in [0.3, 0.4) is 0 Å². The van der Waals surface area contributed by atoms with E-state index >= 15 is 0 Å². The number of anilines is 1. The van der Waals surface area contributed by atoms with Crippen LogP contribution in [0.2, 0.25) is 0 Å². The van der Waals surface area contributed by atoms with E-state index in [1.54, 1.807) is 21.3 Å². The summed E-state index contributed by atoms with van der Waals surface area (Å²) in [7, 11) is 5.05. The topological polar surface area (TPSA) is 60.8 Å². The van der Waals surface area contributed by atoms with Crippen LogP contribution in [0.25, 0.3) is 0 Å². The Kier molecular flexibility index (Phi) is 6.85. The monoisotopic (exact) mass is 466 g/mol. The summed E-state index contributed by atoms with van der Waals surface area (Å²) in [5.41, 5.74) is 5.30. The van der Waals surface area contributed by atoms with Gasteiger partial charge in [0.05, 0.1) is 44.3 Å². The molecule has 174 valence electrons. The molecule has 1 saturated heterocycles. The second-order valence-corrected chi connectivity index (χ2v) is 8.39. The van der Waals surface area contributed by atoms with Gasteiger partial charge in [-0.2, -0.15) is 0 Å². The van der Waals surface area contributed by atoms with Crippen LogP contribution in [0.5, 0.6) is 11.5 Å². The van der Waals surface area contributed by atoms with E-state index in [-0.39, 0.29) is 12.1 Å². The average molecular weight is 467 g/mol. The molecular weight excluding hydrogens is 436 g/mol. The van der Waals surface area contributed by atoms with Crippen LogP contribution < -0.4 is 19.7 Å². The molecule has 0 aliphatic carbocycles. The van der Waals surface area contributed by atoms with E-state index in [9.17, 15) is 0 Å². The maximum Gasteiger partial charge on any atom is 0.174 e. The Bertz CT molecular complexity index is 1130. The highest BCUT2D eigenvalue weighted by Gasteiger charge is 2.43. The third kappa shape index (κ3) is 4.28. The Labute approximate surface area is 200 Å². The van der Waals surface area contributed by atoms with E-state index in [0.717, 1.165) is 29.4 Å². The number of hydrogen-bond acceptors (Lipinski definition) is 5. The van der Waals surface area contributed by atoms with Crippen LogP contribution >= 0.6 is 12.2 Å². The third-order valence-corrected chi connectivity index (χ3v) is 6.51. The molecule has 2 aromatic heterocycles. The summed E-state index contributed by atoms with van der Waals surface area (Å²) in [6.07, 6.45) is 1.81. The summed E-state index contributed by atoms with van der Waals surface area (Å²) < 4.78 is 18.9. The molecule has 0 amide bonds. The molecule has 1 N–H and O–H groups in total. The molecule has 2 atom stereocenters. The second kappa shape index (κ2) is 9.80. The lowest BCUT2D eigenvalue weighted by molar-refractivity contribution is 0.186. The standard InChI is InChI=1S/C25H30N4O3S/c1-16-14-19(17(2)28(16)12-13-30-3)24-23(20-8-6-7-11-26-20)27-25(33)29(24)21-15-18(31-4)9-10-22(21)32-5/h6-11,14-15,23-24H,12-13H2,1-5H3,(H,27,33)/t23-,24+/m1/s1. The van der Waals surface area contributed by atoms with Gasteiger partial charge >= 0.3 is 0 Å². The first kappa shape index (κ1) is 23.1. The van der Waals surface area contributed by atoms with E-state index in [2.05, 4.69) is 39.7 Å². The number of benzene rings is 1. The molecule has 7 nitrogen and oxygen atoms in total. The zero-order valence-electron chi connectivity index (χ0n) is 19.7. The van der Waals surface area contributed by atoms with Gasteiger partial charge in [-0.15, -0.1) is 0 Å². The van der Waals surface area contributed by atoms with E-state index in [1.165, 1.54) is 17.0 Å². The minimum atomic E-state index is -0.133. The smallest absolute Gasteiger partial charge is 0.174 e. The number of hydrogen-bond donors (Lipinski definition) is 1. The fraction of sp³-hybridized carbons (Fsp3) is 0.360. The zero-order chi connectivity index (χ0) is 23.5. The molecule has 0 saturated carbocycles. The van der Waals surface area contributed by atoms with Gasteiger partial charge in [-0.05, 0) is 62.0 Å². The van der Waals surface area contributed by atoms with E-state index in [1.807, 2.05) is 42.6 Å². The van der Waals surface area contributed by atoms with Crippen LogP contribution in [-0.4, -0.2) is 42.6 Å². The summed E-state index contributed by atoms with van der Waals surface area (Å²) in [5.74, 6) is 1.46. The minimum absolute atomic E-state index is 0.129. The first-order valence-electron chi connectivity index (χ1n) is 10.9. The molecule has 33 heavy (non-hydrogen) atoms. The number of thiocarbonyl (C=S) groups is 1. The number of nitrogens with zero attached hydrogens (tertiary/aromatic N) is 3. The summed E-state index contributed by atoms with van der Waals surface area (Å²) in [6.45, 7) is 5.71. The second-order valence-electron chi connectivity index (χ2n) is 8.01. The van der Waals surface area contributed by atoms with Crippen LogP contribution in [0.1, 0.15) is 34.7 Å². The lowest BCUT2D eigenvalue weighted by Crippen LogP contribution is -2.30. The molecule has 1 aliphatic rings. The van der Waals surface area contributed by atoms with Gasteiger partial charge in [0.1, 0.15) is 11.5 Å². The van der Waals surface area contributed by atoms with Crippen LogP contribution in [0, 0.1) is 13.8 Å². The molecule has 4 rings (SSSR count). The summed E-state index contributed by atoms with van der Waals surface area (Å²) in [6, 6.07) is 13.7. The zero-order valence-corrected chi connectivity index (χ0v) is 20.5. The SMILES string of the molecule is COCCn1c(C)cc([C@H]2[C@@H](c3ccccn3)NC(=S)N2c2cc(OC)ccc2OC)c1C. The van der Waals surface area contributed by atoms with Crippen LogP contribution in [0.15, 0.2) is 48.7 Å². The van der Waals surface area contributed by atoms with Gasteiger partial charge < -0.3 is 29.0 Å². The number of ether oxygens (including phenoxy) is 3. The van der Waals surface area contributed by atoms with Gasteiger partial charge in [-0.1, -0.05) is 6.07 Å². The van der Waals surface area contributed by atoms with Gasteiger partial charge in [0, 0.05) is 37.3 Å². The van der Waals surface area contributed by atoms with Gasteiger partial charge in [-0.25, -0.2) is 0 Å². The lowest BCUT2D eigenvalue weighted by atomic mass is 9.96. The molecule has 0 spiro atoms. The van der Waals surface area contributed by atoms with E-state index in [4.69, 9.17) is 26.4 Å². The Morgan fingerprint density at radius 2 is 1.88 bits per heavy atom. The van der Waals surface area contributed by atoms with Crippen LogP contribution in [0.4, 0.5) is 5.69 Å². The molecule has 1 fully saturated rings. The molecular formula is C25H30N4O3S. The highest BCUT2D eigenvalue weighted by atomic mass is 32.1. The summed E-state index contributed by atoms with van der Waals surface area (Å²) >= 11 is 5.88. The Balaban J connectivity index is 1.89. The predicted octanol–water partition coefficient (Wildman–Crippen LogP) is 4.34. The Morgan fingerprint density at radius 3 is 2.55 bits per heavy atom. The van der Waals surface area contributed by atoms with E-state index < -0.39 is 0 Å². The van der Waals surface area contributed by atoms with Crippen molar-refractivity contribution in [1.29, 1.82) is 0 Å². The highest BCUT2D eigenvalue weighted by Crippen LogP contribution is 2.46. The fourth-order valence-corrected chi connectivity index (χ4v) is 4.91. The summed E-state index contributed by atoms with van der Waals surface area (Å²) in [5, 5.41) is 4.13. The molecule has 3 aromatic rings. The number of aryl methyl sites for hydroxylation is 1. The number of pyridine rings is 1. The minimum Gasteiger partial charge on any atom is -0.497 e. The van der Waals surface area contributed by atoms with E-state index in [0.29, 0.717) is 11.7 Å². The molecule has 0 radical (unpaired) electrons. The van der Waals surface area contributed by atoms with Crippen molar-refractivity contribution in [3.8, 4) is 11.5 Å². The molecule has 1 aromatic carbocycles. The van der Waals surface area contributed by atoms with Crippen molar-refractivity contribution >= 4 is 23.0 Å². The maximum atomic E-state index is 5.88. The molecule has 3 heterocycles. The van der Waals surface area contributed by atoms with Crippen molar-refractivity contribution < 1.29 is 14.2 Å². The van der Waals surface area contributed by atoms with Gasteiger partial charge in [0.2, 0.25) is 0 Å². The number of methoxy groups -OCH3 is 3. The summed E-state index contributed by atoms with van der Waals surface area (Å²) in [4.78, 5) is 6.78. The van der Waals surface area contributed by atoms with Gasteiger partial charge in [-0.3, -0.25) is 4.98 Å². The number of aromatic nitrogens is 2. The van der Waals surface area contributed by atoms with Crippen molar-refractivity contribution in [1.82, 2.24) is 14.9 Å². The molecule has 0 unspecified atom stereocenters. The first-order chi connectivity index (χ1) is 16.0. The van der Waals surface area contributed by atoms with Crippen molar-refractivity contribution in [2.45, 2.75) is 32.5 Å². The average Bonchev–Trinajstić information content (AvgIpc) is 3.32. The van der Waals surface area contributed by atoms with Crippen LogP contribution in [-0.2, 0) is 11.3 Å². The number of rotatable bonds is 8. The van der Waals surface area contributed by atoms with Crippen molar-refractivity contribution in [2.24, 2.45) is 0 Å². The fourth-order valence-electron chi connectivity index (χ4n) is 4.57. The lowest BCUT2D eigenvalue weighted by Gasteiger charge is -2.29. The van der Waals surface area contributed by atoms with Crippen molar-refractivity contribution in [3.05, 3.63) is 71.3 Å². The number of nitrogens with one attached hydrogen (secondary N) is 1. The normalized spacial score (nSPS) is 17.8. The first-order valence-corrected chi connectivity index (χ1v) is 11.3. The Hall–Kier alpha value is -3.10. The quantitative estimate of drug-likeness (QED) is 0.496. The largest absolute Gasteiger partial charge is 0.497 e. The molecule has 8 heteroatoms. The maximum absolute atomic E-state index is 5.88. The highest BCUT2D eigenvalue weighted by molar-refractivity contribution is 7.80. The Morgan fingerprint density at radius 1 is 1.06 bits per heavy atom. The molecule has 1 aliphatic heterocycles. The third-order valence-electron chi connectivity index (χ3n) is 6.19. The van der Waals surface area contributed by atoms with Gasteiger partial charge in [0.15, 0.2) is 5.11 Å². The van der Waals surface area contributed by atoms with Gasteiger partial charge in [0.25, 0.3) is 0 Å². The van der Waals surface area contributed by atoms with Crippen molar-refractivity contribution in [2.75, 3.05) is 32.8 Å². The predicted molar refractivity (Wildman–Crippen MR) is 133 cm³/mol. The molecule has 0 bridgehead atoms. The van der Waals surface area contributed by atoms with Crippen molar-refractivity contribution in [3.63, 3.8) is 0 Å².